The van der Waals surface area contributed by atoms with Crippen molar-refractivity contribution in [1.82, 2.24) is 10.6 Å². The van der Waals surface area contributed by atoms with Gasteiger partial charge in [-0.05, 0) is 38.0 Å². The summed E-state index contributed by atoms with van der Waals surface area (Å²) in [5, 5.41) is 6.70. The molecule has 0 bridgehead atoms. The number of ether oxygens (including phenoxy) is 2. The summed E-state index contributed by atoms with van der Waals surface area (Å²) in [6, 6.07) is 16.5. The first-order chi connectivity index (χ1) is 13.1. The predicted molar refractivity (Wildman–Crippen MR) is 126 cm³/mol. The Bertz CT molecular complexity index is 735. The Labute approximate surface area is 186 Å². The highest BCUT2D eigenvalue weighted by molar-refractivity contribution is 14.0. The maximum Gasteiger partial charge on any atom is 0.191 e. The molecule has 154 valence electrons. The Morgan fingerprint density at radius 2 is 1.71 bits per heavy atom. The zero-order chi connectivity index (χ0) is 19.5. The van der Waals surface area contributed by atoms with Crippen molar-refractivity contribution in [2.45, 2.75) is 46.6 Å². The topological polar surface area (TPSA) is 54.9 Å². The third kappa shape index (κ3) is 8.48. The van der Waals surface area contributed by atoms with Gasteiger partial charge in [0.2, 0.25) is 0 Å². The molecular weight excluding hydrogens is 465 g/mol. The van der Waals surface area contributed by atoms with Gasteiger partial charge in [0.15, 0.2) is 5.96 Å². The van der Waals surface area contributed by atoms with E-state index in [1.54, 1.807) is 7.05 Å². The molecule has 2 N–H and O–H groups in total. The van der Waals surface area contributed by atoms with Crippen LogP contribution in [0.15, 0.2) is 53.5 Å². The van der Waals surface area contributed by atoms with Crippen molar-refractivity contribution in [2.24, 2.45) is 4.99 Å². The van der Waals surface area contributed by atoms with E-state index in [0.717, 1.165) is 17.3 Å². The monoisotopic (exact) mass is 497 g/mol. The molecule has 2 aromatic carbocycles. The second-order valence-corrected chi connectivity index (χ2v) is 6.50. The molecule has 0 radical (unpaired) electrons. The molecule has 0 amide bonds. The number of nitrogens with one attached hydrogen (secondary N) is 2. The van der Waals surface area contributed by atoms with Gasteiger partial charge in [-0.25, -0.2) is 0 Å². The zero-order valence-electron chi connectivity index (χ0n) is 17.2. The molecule has 0 saturated heterocycles. The average molecular weight is 497 g/mol. The van der Waals surface area contributed by atoms with Crippen LogP contribution in [-0.2, 0) is 24.4 Å². The Balaban J connectivity index is 0.00000392. The van der Waals surface area contributed by atoms with Gasteiger partial charge in [-0.15, -0.1) is 24.0 Å². The lowest BCUT2D eigenvalue weighted by atomic mass is 10.1. The van der Waals surface area contributed by atoms with Gasteiger partial charge in [0.25, 0.3) is 0 Å². The Morgan fingerprint density at radius 1 is 1.00 bits per heavy atom. The minimum absolute atomic E-state index is 0. The van der Waals surface area contributed by atoms with E-state index in [1.807, 2.05) is 39.0 Å². The van der Waals surface area contributed by atoms with E-state index >= 15 is 0 Å². The van der Waals surface area contributed by atoms with Crippen molar-refractivity contribution in [2.75, 3.05) is 13.7 Å². The third-order valence-electron chi connectivity index (χ3n) is 3.98. The number of benzene rings is 2. The average Bonchev–Trinajstić information content (AvgIpc) is 2.68. The first-order valence-electron chi connectivity index (χ1n) is 9.47. The molecule has 0 aromatic heterocycles. The summed E-state index contributed by atoms with van der Waals surface area (Å²) in [6.07, 6.45) is 0.231. The number of rotatable bonds is 9. The molecule has 0 aliphatic rings. The maximum atomic E-state index is 5.68. The number of hydrogen-bond acceptors (Lipinski definition) is 3. The first kappa shape index (κ1) is 24.2. The quantitative estimate of drug-likeness (QED) is 0.305. The lowest BCUT2D eigenvalue weighted by Crippen LogP contribution is -2.36. The van der Waals surface area contributed by atoms with Gasteiger partial charge < -0.3 is 20.1 Å². The van der Waals surface area contributed by atoms with E-state index in [9.17, 15) is 0 Å². The summed E-state index contributed by atoms with van der Waals surface area (Å²) in [7, 11) is 1.77. The summed E-state index contributed by atoms with van der Waals surface area (Å²) in [6.45, 7) is 8.72. The molecule has 0 atom stereocenters. The van der Waals surface area contributed by atoms with Crippen molar-refractivity contribution in [3.05, 3.63) is 65.2 Å². The minimum Gasteiger partial charge on any atom is -0.494 e. The van der Waals surface area contributed by atoms with Crippen LogP contribution in [-0.4, -0.2) is 25.7 Å². The number of para-hydroxylation sites is 1. The summed E-state index contributed by atoms with van der Waals surface area (Å²) in [5.41, 5.74) is 3.48. The van der Waals surface area contributed by atoms with Gasteiger partial charge in [-0.3, -0.25) is 4.99 Å². The highest BCUT2D eigenvalue weighted by atomic mass is 127. The van der Waals surface area contributed by atoms with E-state index in [-0.39, 0.29) is 30.1 Å². The third-order valence-corrected chi connectivity index (χ3v) is 3.98. The van der Waals surface area contributed by atoms with Gasteiger partial charge in [0.05, 0.1) is 19.3 Å². The smallest absolute Gasteiger partial charge is 0.191 e. The molecule has 0 spiro atoms. The van der Waals surface area contributed by atoms with Crippen LogP contribution < -0.4 is 15.4 Å². The largest absolute Gasteiger partial charge is 0.494 e. The lowest BCUT2D eigenvalue weighted by Gasteiger charge is -2.15. The van der Waals surface area contributed by atoms with Crippen LogP contribution >= 0.6 is 24.0 Å². The van der Waals surface area contributed by atoms with Gasteiger partial charge >= 0.3 is 0 Å². The first-order valence-corrected chi connectivity index (χ1v) is 9.47. The van der Waals surface area contributed by atoms with Crippen LogP contribution in [0.25, 0.3) is 0 Å². The molecule has 0 heterocycles. The molecule has 0 fully saturated rings. The molecule has 0 unspecified atom stereocenters. The van der Waals surface area contributed by atoms with E-state index in [1.165, 1.54) is 11.1 Å². The van der Waals surface area contributed by atoms with Crippen LogP contribution in [0.1, 0.15) is 37.5 Å². The van der Waals surface area contributed by atoms with Crippen molar-refractivity contribution in [3.8, 4) is 5.75 Å². The summed E-state index contributed by atoms with van der Waals surface area (Å²) in [5.74, 6) is 1.66. The Morgan fingerprint density at radius 3 is 2.43 bits per heavy atom. The maximum absolute atomic E-state index is 5.68. The summed E-state index contributed by atoms with van der Waals surface area (Å²) < 4.78 is 11.4. The molecule has 5 nitrogen and oxygen atoms in total. The normalized spacial score (nSPS) is 11.1. The second-order valence-electron chi connectivity index (χ2n) is 6.50. The van der Waals surface area contributed by atoms with Crippen LogP contribution in [0.5, 0.6) is 5.75 Å². The van der Waals surface area contributed by atoms with Crippen LogP contribution in [0.3, 0.4) is 0 Å². The number of nitrogens with zero attached hydrogens (tertiary/aromatic N) is 1. The Hall–Kier alpha value is -1.80. The van der Waals surface area contributed by atoms with E-state index in [4.69, 9.17) is 9.47 Å². The SMILES string of the molecule is CCOc1ccccc1CNC(=NC)NCc1cccc(COC(C)C)c1.I. The lowest BCUT2D eigenvalue weighted by molar-refractivity contribution is 0.0657. The molecular formula is C22H32IN3O2. The predicted octanol–water partition coefficient (Wildman–Crippen LogP) is 4.49. The van der Waals surface area contributed by atoms with Crippen molar-refractivity contribution < 1.29 is 9.47 Å². The van der Waals surface area contributed by atoms with Gasteiger partial charge in [0, 0.05) is 25.7 Å². The van der Waals surface area contributed by atoms with Crippen molar-refractivity contribution >= 4 is 29.9 Å². The van der Waals surface area contributed by atoms with Crippen LogP contribution in [0.2, 0.25) is 0 Å². The summed E-state index contributed by atoms with van der Waals surface area (Å²) in [4.78, 5) is 4.30. The van der Waals surface area contributed by atoms with Crippen molar-refractivity contribution in [3.63, 3.8) is 0 Å². The number of guanidine groups is 1. The van der Waals surface area contributed by atoms with Crippen LogP contribution in [0, 0.1) is 0 Å². The molecule has 6 heteroatoms. The van der Waals surface area contributed by atoms with Gasteiger partial charge in [0.1, 0.15) is 5.75 Å². The van der Waals surface area contributed by atoms with E-state index in [2.05, 4.69) is 46.0 Å². The van der Waals surface area contributed by atoms with Gasteiger partial charge in [-0.2, -0.15) is 0 Å². The number of halogens is 1. The fraction of sp³-hybridized carbons (Fsp3) is 0.409. The zero-order valence-corrected chi connectivity index (χ0v) is 19.5. The summed E-state index contributed by atoms with van der Waals surface area (Å²) >= 11 is 0. The standard InChI is InChI=1S/C22H31N3O2.HI/c1-5-26-21-12-7-6-11-20(21)15-25-22(23-4)24-14-18-9-8-10-19(13-18)16-27-17(2)3;/h6-13,17H,5,14-16H2,1-4H3,(H2,23,24,25);1H. The Kier molecular flexibility index (Phi) is 11.6. The highest BCUT2D eigenvalue weighted by Crippen LogP contribution is 2.17. The number of aliphatic imine (C=N–C) groups is 1. The molecule has 28 heavy (non-hydrogen) atoms. The van der Waals surface area contributed by atoms with Gasteiger partial charge in [-0.1, -0.05) is 42.5 Å². The number of hydrogen-bond donors (Lipinski definition) is 2. The van der Waals surface area contributed by atoms with E-state index in [0.29, 0.717) is 26.3 Å². The van der Waals surface area contributed by atoms with Crippen molar-refractivity contribution in [1.29, 1.82) is 0 Å². The molecule has 0 aliphatic carbocycles. The molecule has 0 aliphatic heterocycles. The van der Waals surface area contributed by atoms with Crippen LogP contribution in [0.4, 0.5) is 0 Å². The minimum atomic E-state index is 0. The molecule has 0 saturated carbocycles. The molecule has 2 rings (SSSR count). The highest BCUT2D eigenvalue weighted by Gasteiger charge is 2.05. The fourth-order valence-corrected chi connectivity index (χ4v) is 2.62. The van der Waals surface area contributed by atoms with E-state index < -0.39 is 0 Å². The second kappa shape index (κ2) is 13.4. The fourth-order valence-electron chi connectivity index (χ4n) is 2.62. The molecule has 2 aromatic rings.